The van der Waals surface area contributed by atoms with Gasteiger partial charge in [0.15, 0.2) is 0 Å². The van der Waals surface area contributed by atoms with Crippen LogP contribution >= 0.6 is 0 Å². The lowest BCUT2D eigenvalue weighted by atomic mass is 9.78. The lowest BCUT2D eigenvalue weighted by Gasteiger charge is -2.26. The van der Waals surface area contributed by atoms with Crippen LogP contribution < -0.4 is 0 Å². The molecular weight excluding hydrogens is 270 g/mol. The third kappa shape index (κ3) is 2.35. The normalized spacial score (nSPS) is 23.4. The summed E-state index contributed by atoms with van der Waals surface area (Å²) in [6, 6.07) is 2.32. The fourth-order valence-corrected chi connectivity index (χ4v) is 3.98. The third-order valence-electron chi connectivity index (χ3n) is 5.61. The fraction of sp³-hybridized carbons (Fsp3) is 0.500. The van der Waals surface area contributed by atoms with Crippen molar-refractivity contribution in [2.45, 2.75) is 46.0 Å². The van der Waals surface area contributed by atoms with Crippen LogP contribution in [-0.2, 0) is 17.6 Å². The van der Waals surface area contributed by atoms with E-state index in [1.54, 1.807) is 6.92 Å². The smallest absolute Gasteiger partial charge is 0.133 e. The second kappa shape index (κ2) is 5.19. The summed E-state index contributed by atoms with van der Waals surface area (Å²) in [5.74, 6) is 1.33. The van der Waals surface area contributed by atoms with Crippen molar-refractivity contribution in [2.75, 3.05) is 6.54 Å². The summed E-state index contributed by atoms with van der Waals surface area (Å²) in [5, 5.41) is 0. The van der Waals surface area contributed by atoms with Gasteiger partial charge >= 0.3 is 0 Å². The number of benzene rings is 1. The number of hydrogen-bond acceptors (Lipinski definition) is 2. The highest BCUT2D eigenvalue weighted by atomic mass is 16.1. The van der Waals surface area contributed by atoms with Crippen LogP contribution in [0.5, 0.6) is 0 Å². The Labute approximate surface area is 132 Å². The number of nitrogens with zero attached hydrogens (tertiary/aromatic N) is 1. The number of fused-ring (bicyclic) bond motifs is 2. The van der Waals surface area contributed by atoms with Gasteiger partial charge < -0.3 is 0 Å². The number of carbonyl (C=O) groups excluding carboxylic acids is 1. The number of Topliss-reactive ketones (excluding diaryl/α,β-unsaturated/α-hetero) is 1. The van der Waals surface area contributed by atoms with Gasteiger partial charge in [-0.1, -0.05) is 6.08 Å². The molecule has 0 radical (unpaired) electrons. The molecule has 0 bridgehead atoms. The van der Waals surface area contributed by atoms with Crippen molar-refractivity contribution in [3.8, 4) is 0 Å². The van der Waals surface area contributed by atoms with E-state index in [9.17, 15) is 4.79 Å². The van der Waals surface area contributed by atoms with Crippen LogP contribution in [0.2, 0.25) is 0 Å². The molecule has 3 aliphatic rings. The number of aliphatic imine (C=N–C) groups is 1. The summed E-state index contributed by atoms with van der Waals surface area (Å²) in [4.78, 5) is 16.4. The number of hydrogen-bond donors (Lipinski definition) is 0. The van der Waals surface area contributed by atoms with Gasteiger partial charge in [0.1, 0.15) is 5.78 Å². The molecule has 0 saturated heterocycles. The molecule has 0 amide bonds. The van der Waals surface area contributed by atoms with Gasteiger partial charge in [-0.3, -0.25) is 9.79 Å². The van der Waals surface area contributed by atoms with Gasteiger partial charge in [0.2, 0.25) is 0 Å². The summed E-state index contributed by atoms with van der Waals surface area (Å²) in [6.07, 6.45) is 10.1. The van der Waals surface area contributed by atoms with Gasteiger partial charge in [0, 0.05) is 17.7 Å². The minimum Gasteiger partial charge on any atom is -0.300 e. The van der Waals surface area contributed by atoms with E-state index < -0.39 is 0 Å². The average Bonchev–Trinajstić information content (AvgIpc) is 3.33. The van der Waals surface area contributed by atoms with Gasteiger partial charge in [0.25, 0.3) is 0 Å². The number of rotatable bonds is 2. The Morgan fingerprint density at radius 3 is 2.82 bits per heavy atom. The lowest BCUT2D eigenvalue weighted by molar-refractivity contribution is -0.121. The topological polar surface area (TPSA) is 29.4 Å². The first-order valence-corrected chi connectivity index (χ1v) is 8.49. The summed E-state index contributed by atoms with van der Waals surface area (Å²) in [5.41, 5.74) is 8.36. The molecule has 22 heavy (non-hydrogen) atoms. The second-order valence-electron chi connectivity index (χ2n) is 7.16. The predicted molar refractivity (Wildman–Crippen MR) is 90.5 cm³/mol. The van der Waals surface area contributed by atoms with E-state index in [0.717, 1.165) is 31.7 Å². The zero-order valence-corrected chi connectivity index (χ0v) is 13.5. The largest absolute Gasteiger partial charge is 0.300 e. The Hall–Kier alpha value is -1.70. The molecule has 0 aromatic heterocycles. The highest BCUT2D eigenvalue weighted by Crippen LogP contribution is 2.40. The van der Waals surface area contributed by atoms with Crippen LogP contribution in [0.3, 0.4) is 0 Å². The van der Waals surface area contributed by atoms with Crippen LogP contribution in [0.15, 0.2) is 16.6 Å². The molecular formula is C20H23NO. The third-order valence-corrected chi connectivity index (χ3v) is 5.61. The van der Waals surface area contributed by atoms with E-state index >= 15 is 0 Å². The molecule has 1 heterocycles. The van der Waals surface area contributed by atoms with Crippen molar-refractivity contribution in [1.82, 2.24) is 0 Å². The number of aryl methyl sites for hydroxylation is 1. The molecule has 1 saturated carbocycles. The first-order valence-electron chi connectivity index (χ1n) is 8.49. The van der Waals surface area contributed by atoms with E-state index in [0.29, 0.717) is 5.78 Å². The van der Waals surface area contributed by atoms with Crippen LogP contribution in [0, 0.1) is 18.8 Å². The molecule has 1 aliphatic heterocycles. The molecule has 2 aliphatic carbocycles. The van der Waals surface area contributed by atoms with Crippen LogP contribution in [0.1, 0.15) is 54.0 Å². The van der Waals surface area contributed by atoms with Crippen LogP contribution in [0.4, 0.5) is 0 Å². The molecule has 1 unspecified atom stereocenters. The van der Waals surface area contributed by atoms with E-state index in [-0.39, 0.29) is 5.92 Å². The number of ketones is 1. The summed E-state index contributed by atoms with van der Waals surface area (Å²) >= 11 is 0. The molecule has 2 heteroatoms. The second-order valence-corrected chi connectivity index (χ2v) is 7.16. The summed E-state index contributed by atoms with van der Waals surface area (Å²) < 4.78 is 0. The van der Waals surface area contributed by atoms with Crippen molar-refractivity contribution < 1.29 is 4.79 Å². The predicted octanol–water partition coefficient (Wildman–Crippen LogP) is 3.91. The molecule has 4 rings (SSSR count). The lowest BCUT2D eigenvalue weighted by Crippen LogP contribution is -2.22. The highest BCUT2D eigenvalue weighted by Gasteiger charge is 2.28. The Morgan fingerprint density at radius 2 is 2.09 bits per heavy atom. The Bertz CT molecular complexity index is 707. The minimum absolute atomic E-state index is 0.218. The first-order chi connectivity index (χ1) is 10.6. The van der Waals surface area contributed by atoms with Gasteiger partial charge in [0.05, 0.1) is 6.54 Å². The average molecular weight is 293 g/mol. The molecule has 0 N–H and O–H groups in total. The molecule has 2 nitrogen and oxygen atoms in total. The minimum atomic E-state index is 0.218. The molecule has 0 spiro atoms. The SMILES string of the molecule is CC(=O)C1CCc2cc3c(c(C)c2C1)C=C(C1CC1)CN=C3. The maximum absolute atomic E-state index is 11.8. The first kappa shape index (κ1) is 13.9. The zero-order chi connectivity index (χ0) is 15.3. The van der Waals surface area contributed by atoms with Crippen LogP contribution in [0.25, 0.3) is 6.08 Å². The Kier molecular flexibility index (Phi) is 3.28. The molecule has 1 aromatic rings. The zero-order valence-electron chi connectivity index (χ0n) is 13.5. The van der Waals surface area contributed by atoms with Crippen molar-refractivity contribution in [3.05, 3.63) is 39.5 Å². The van der Waals surface area contributed by atoms with Gasteiger partial charge in [-0.05, 0) is 85.8 Å². The van der Waals surface area contributed by atoms with E-state index in [2.05, 4.69) is 30.3 Å². The van der Waals surface area contributed by atoms with Gasteiger partial charge in [-0.2, -0.15) is 0 Å². The molecule has 1 atom stereocenters. The van der Waals surface area contributed by atoms with E-state index in [4.69, 9.17) is 0 Å². The highest BCUT2D eigenvalue weighted by molar-refractivity contribution is 5.89. The standard InChI is InChI=1S/C20H23NO/c1-12-19-8-15(13(2)22)5-6-16(19)7-18-11-21-10-17(9-20(12)18)14-3-4-14/h7,9,11,14-15H,3-6,8,10H2,1-2H3. The summed E-state index contributed by atoms with van der Waals surface area (Å²) in [6.45, 7) is 4.84. The molecule has 1 aromatic carbocycles. The summed E-state index contributed by atoms with van der Waals surface area (Å²) in [7, 11) is 0. The maximum Gasteiger partial charge on any atom is 0.133 e. The number of carbonyl (C=O) groups is 1. The van der Waals surface area contributed by atoms with Gasteiger partial charge in [-0.25, -0.2) is 0 Å². The van der Waals surface area contributed by atoms with Crippen molar-refractivity contribution in [3.63, 3.8) is 0 Å². The molecule has 114 valence electrons. The van der Waals surface area contributed by atoms with Crippen molar-refractivity contribution >= 4 is 18.1 Å². The fourth-order valence-electron chi connectivity index (χ4n) is 3.98. The molecule has 1 fully saturated rings. The van der Waals surface area contributed by atoms with Gasteiger partial charge in [-0.15, -0.1) is 0 Å². The van der Waals surface area contributed by atoms with E-state index in [1.807, 2.05) is 0 Å². The van der Waals surface area contributed by atoms with Crippen LogP contribution in [-0.4, -0.2) is 18.5 Å². The Morgan fingerprint density at radius 1 is 1.27 bits per heavy atom. The monoisotopic (exact) mass is 293 g/mol. The maximum atomic E-state index is 11.8. The quantitative estimate of drug-likeness (QED) is 0.812. The van der Waals surface area contributed by atoms with Crippen molar-refractivity contribution in [1.29, 1.82) is 0 Å². The Balaban J connectivity index is 1.81. The van der Waals surface area contributed by atoms with E-state index in [1.165, 1.54) is 46.2 Å². The van der Waals surface area contributed by atoms with Crippen molar-refractivity contribution in [2.24, 2.45) is 16.8 Å².